The van der Waals surface area contributed by atoms with E-state index in [9.17, 15) is 13.2 Å². The van der Waals surface area contributed by atoms with Gasteiger partial charge in [-0.15, -0.1) is 0 Å². The molecular formula is C10H9BrO4S. The number of aliphatic carboxylic acids is 1. The molecule has 0 atom stereocenters. The molecule has 86 valence electrons. The van der Waals surface area contributed by atoms with Crippen molar-refractivity contribution in [2.24, 2.45) is 0 Å². The van der Waals surface area contributed by atoms with E-state index in [0.29, 0.717) is 10.0 Å². The van der Waals surface area contributed by atoms with Crippen LogP contribution in [0, 0.1) is 0 Å². The molecule has 0 heterocycles. The summed E-state index contributed by atoms with van der Waals surface area (Å²) in [6.07, 6.45) is 3.23. The van der Waals surface area contributed by atoms with Gasteiger partial charge in [-0.1, -0.05) is 22.0 Å². The molecule has 0 aliphatic heterocycles. The molecule has 0 radical (unpaired) electrons. The summed E-state index contributed by atoms with van der Waals surface area (Å²) >= 11 is 3.16. The van der Waals surface area contributed by atoms with Crippen LogP contribution >= 0.6 is 15.9 Å². The van der Waals surface area contributed by atoms with Crippen molar-refractivity contribution in [3.63, 3.8) is 0 Å². The molecule has 0 aromatic heterocycles. The molecule has 0 aliphatic rings. The number of rotatable bonds is 3. The summed E-state index contributed by atoms with van der Waals surface area (Å²) in [5.74, 6) is -1.12. The number of halogens is 1. The van der Waals surface area contributed by atoms with E-state index in [0.717, 1.165) is 12.3 Å². The predicted octanol–water partition coefficient (Wildman–Crippen LogP) is 1.95. The highest BCUT2D eigenvalue weighted by atomic mass is 79.9. The molecule has 0 unspecified atom stereocenters. The van der Waals surface area contributed by atoms with Crippen molar-refractivity contribution in [1.82, 2.24) is 0 Å². The highest BCUT2D eigenvalue weighted by Gasteiger charge is 2.12. The second kappa shape index (κ2) is 4.80. The maximum Gasteiger partial charge on any atom is 0.328 e. The third-order valence-electron chi connectivity index (χ3n) is 1.78. The number of carboxylic acids is 1. The number of hydrogen-bond donors (Lipinski definition) is 1. The molecule has 1 N–H and O–H groups in total. The first-order chi connectivity index (χ1) is 7.30. The fraction of sp³-hybridized carbons (Fsp3) is 0.100. The van der Waals surface area contributed by atoms with Crippen LogP contribution in [-0.2, 0) is 14.6 Å². The third-order valence-corrected chi connectivity index (χ3v) is 3.43. The Kier molecular flexibility index (Phi) is 3.88. The minimum absolute atomic E-state index is 0.0966. The van der Waals surface area contributed by atoms with Gasteiger partial charge in [-0.3, -0.25) is 0 Å². The summed E-state index contributed by atoms with van der Waals surface area (Å²) in [6, 6.07) is 4.63. The lowest BCUT2D eigenvalue weighted by molar-refractivity contribution is -0.131. The quantitative estimate of drug-likeness (QED) is 0.866. The Labute approximate surface area is 102 Å². The molecule has 0 saturated carbocycles. The Morgan fingerprint density at radius 2 is 2.06 bits per heavy atom. The van der Waals surface area contributed by atoms with E-state index in [2.05, 4.69) is 15.9 Å². The van der Waals surface area contributed by atoms with Gasteiger partial charge in [0.2, 0.25) is 0 Å². The van der Waals surface area contributed by atoms with E-state index >= 15 is 0 Å². The van der Waals surface area contributed by atoms with Gasteiger partial charge in [0.05, 0.1) is 4.90 Å². The van der Waals surface area contributed by atoms with Crippen molar-refractivity contribution in [3.8, 4) is 0 Å². The van der Waals surface area contributed by atoms with Crippen molar-refractivity contribution in [2.75, 3.05) is 6.26 Å². The van der Waals surface area contributed by atoms with Gasteiger partial charge in [0.15, 0.2) is 9.84 Å². The molecule has 0 saturated heterocycles. The highest BCUT2D eigenvalue weighted by molar-refractivity contribution is 9.10. The van der Waals surface area contributed by atoms with Crippen LogP contribution in [0.15, 0.2) is 33.6 Å². The Balaban J connectivity index is 3.35. The molecule has 0 fully saturated rings. The molecule has 1 aromatic rings. The van der Waals surface area contributed by atoms with E-state index in [1.165, 1.54) is 12.1 Å². The Morgan fingerprint density at radius 1 is 1.44 bits per heavy atom. The van der Waals surface area contributed by atoms with Crippen LogP contribution < -0.4 is 0 Å². The monoisotopic (exact) mass is 304 g/mol. The van der Waals surface area contributed by atoms with E-state index in [1.54, 1.807) is 12.1 Å². The van der Waals surface area contributed by atoms with Crippen molar-refractivity contribution >= 4 is 37.8 Å². The Morgan fingerprint density at radius 3 is 2.56 bits per heavy atom. The Hall–Kier alpha value is -1.14. The molecule has 0 spiro atoms. The van der Waals surface area contributed by atoms with E-state index < -0.39 is 15.8 Å². The van der Waals surface area contributed by atoms with Crippen LogP contribution in [-0.4, -0.2) is 25.7 Å². The maximum absolute atomic E-state index is 11.4. The van der Waals surface area contributed by atoms with Crippen LogP contribution in [0.5, 0.6) is 0 Å². The van der Waals surface area contributed by atoms with Gasteiger partial charge in [-0.2, -0.15) is 0 Å². The van der Waals surface area contributed by atoms with Crippen molar-refractivity contribution < 1.29 is 18.3 Å². The summed E-state index contributed by atoms with van der Waals surface area (Å²) in [5, 5.41) is 8.48. The van der Waals surface area contributed by atoms with Gasteiger partial charge in [0.1, 0.15) is 0 Å². The zero-order valence-corrected chi connectivity index (χ0v) is 10.7. The number of carboxylic acid groups (broad SMARTS) is 1. The molecule has 16 heavy (non-hydrogen) atoms. The van der Waals surface area contributed by atoms with Crippen LogP contribution in [0.3, 0.4) is 0 Å². The first-order valence-electron chi connectivity index (χ1n) is 4.21. The zero-order chi connectivity index (χ0) is 12.3. The SMILES string of the molecule is CS(=O)(=O)c1cc(Br)ccc1/C=C/C(=O)O. The minimum Gasteiger partial charge on any atom is -0.478 e. The second-order valence-electron chi connectivity index (χ2n) is 3.13. The predicted molar refractivity (Wildman–Crippen MR) is 63.9 cm³/mol. The normalized spacial score (nSPS) is 11.9. The summed E-state index contributed by atoms with van der Waals surface area (Å²) in [5.41, 5.74) is 0.355. The van der Waals surface area contributed by atoms with Crippen LogP contribution in [0.4, 0.5) is 0 Å². The van der Waals surface area contributed by atoms with Crippen LogP contribution in [0.2, 0.25) is 0 Å². The standard InChI is InChI=1S/C10H9BrO4S/c1-16(14,15)9-6-8(11)4-2-7(9)3-5-10(12)13/h2-6H,1H3,(H,12,13)/b5-3+. The number of carbonyl (C=O) groups is 1. The topological polar surface area (TPSA) is 71.4 Å². The maximum atomic E-state index is 11.4. The van der Waals surface area contributed by atoms with Gasteiger partial charge in [-0.05, 0) is 23.8 Å². The van der Waals surface area contributed by atoms with E-state index in [4.69, 9.17) is 5.11 Å². The molecule has 0 amide bonds. The average molecular weight is 305 g/mol. The molecule has 0 aliphatic carbocycles. The fourth-order valence-corrected chi connectivity index (χ4v) is 2.55. The fourth-order valence-electron chi connectivity index (χ4n) is 1.13. The summed E-state index contributed by atoms with van der Waals surface area (Å²) in [4.78, 5) is 10.5. The number of benzene rings is 1. The summed E-state index contributed by atoms with van der Waals surface area (Å²) in [7, 11) is -3.38. The molecule has 1 aromatic carbocycles. The first kappa shape index (κ1) is 12.9. The van der Waals surface area contributed by atoms with Gasteiger partial charge < -0.3 is 5.11 Å². The third kappa shape index (κ3) is 3.46. The van der Waals surface area contributed by atoms with Gasteiger partial charge in [-0.25, -0.2) is 13.2 Å². The second-order valence-corrected chi connectivity index (χ2v) is 6.03. The van der Waals surface area contributed by atoms with Crippen molar-refractivity contribution in [2.45, 2.75) is 4.90 Å². The lowest BCUT2D eigenvalue weighted by Gasteiger charge is -2.04. The minimum atomic E-state index is -3.38. The first-order valence-corrected chi connectivity index (χ1v) is 6.90. The van der Waals surface area contributed by atoms with Crippen molar-refractivity contribution in [3.05, 3.63) is 34.3 Å². The number of hydrogen-bond acceptors (Lipinski definition) is 3. The molecule has 1 rings (SSSR count). The molecule has 6 heteroatoms. The molecular weight excluding hydrogens is 296 g/mol. The summed E-state index contributed by atoms with van der Waals surface area (Å²) < 4.78 is 23.5. The number of sulfone groups is 1. The average Bonchev–Trinajstić information content (AvgIpc) is 2.14. The van der Waals surface area contributed by atoms with E-state index in [-0.39, 0.29) is 4.90 Å². The molecule has 0 bridgehead atoms. The highest BCUT2D eigenvalue weighted by Crippen LogP contribution is 2.22. The van der Waals surface area contributed by atoms with Gasteiger partial charge in [0.25, 0.3) is 0 Å². The lowest BCUT2D eigenvalue weighted by Crippen LogP contribution is -2.00. The molecule has 4 nitrogen and oxygen atoms in total. The van der Waals surface area contributed by atoms with E-state index in [1.807, 2.05) is 0 Å². The van der Waals surface area contributed by atoms with Gasteiger partial charge in [0, 0.05) is 16.8 Å². The zero-order valence-electron chi connectivity index (χ0n) is 8.34. The lowest BCUT2D eigenvalue weighted by atomic mass is 10.2. The van der Waals surface area contributed by atoms with Crippen LogP contribution in [0.25, 0.3) is 6.08 Å². The Bertz CT molecular complexity index is 546. The summed E-state index contributed by atoms with van der Waals surface area (Å²) in [6.45, 7) is 0. The smallest absolute Gasteiger partial charge is 0.328 e. The van der Waals surface area contributed by atoms with Gasteiger partial charge >= 0.3 is 5.97 Å². The van der Waals surface area contributed by atoms with Crippen molar-refractivity contribution in [1.29, 1.82) is 0 Å². The largest absolute Gasteiger partial charge is 0.478 e. The van der Waals surface area contributed by atoms with Crippen LogP contribution in [0.1, 0.15) is 5.56 Å².